The third-order valence-corrected chi connectivity index (χ3v) is 3.14. The Labute approximate surface area is 121 Å². The van der Waals surface area contributed by atoms with Crippen molar-refractivity contribution >= 4 is 35.0 Å². The van der Waals surface area contributed by atoms with E-state index in [0.717, 1.165) is 0 Å². The van der Waals surface area contributed by atoms with Gasteiger partial charge in [0.05, 0.1) is 11.6 Å². The summed E-state index contributed by atoms with van der Waals surface area (Å²) in [6.45, 7) is 1.38. The summed E-state index contributed by atoms with van der Waals surface area (Å²) in [7, 11) is 1.46. The molecular weight excluding hydrogens is 291 g/mol. The molecule has 0 fully saturated rings. The van der Waals surface area contributed by atoms with Gasteiger partial charge in [0.2, 0.25) is 5.91 Å². The SMILES string of the molecule is CC(Oc1cccc(Cl)c1Cl)C(=O)N(C)CC(N)=O. The number of nitrogens with two attached hydrogens (primary N) is 1. The minimum Gasteiger partial charge on any atom is -0.479 e. The Morgan fingerprint density at radius 2 is 2.05 bits per heavy atom. The largest absolute Gasteiger partial charge is 0.479 e. The van der Waals surface area contributed by atoms with Crippen LogP contribution in [0.3, 0.4) is 0 Å². The molecule has 0 radical (unpaired) electrons. The average Bonchev–Trinajstić information content (AvgIpc) is 2.33. The molecule has 0 bridgehead atoms. The molecule has 2 N–H and O–H groups in total. The lowest BCUT2D eigenvalue weighted by atomic mass is 10.3. The molecule has 1 aromatic rings. The fraction of sp³-hybridized carbons (Fsp3) is 0.333. The van der Waals surface area contributed by atoms with Gasteiger partial charge in [0.1, 0.15) is 10.8 Å². The van der Waals surface area contributed by atoms with Gasteiger partial charge in [-0.05, 0) is 19.1 Å². The van der Waals surface area contributed by atoms with Crippen molar-refractivity contribution in [1.29, 1.82) is 0 Å². The van der Waals surface area contributed by atoms with Crippen LogP contribution in [0.5, 0.6) is 5.75 Å². The summed E-state index contributed by atoms with van der Waals surface area (Å²) < 4.78 is 5.43. The Bertz CT molecular complexity index is 494. The monoisotopic (exact) mass is 304 g/mol. The first-order chi connectivity index (χ1) is 8.82. The van der Waals surface area contributed by atoms with Crippen molar-refractivity contribution in [2.75, 3.05) is 13.6 Å². The van der Waals surface area contributed by atoms with E-state index in [1.807, 2.05) is 0 Å². The molecule has 7 heteroatoms. The minimum absolute atomic E-state index is 0.171. The molecule has 0 aliphatic carbocycles. The molecule has 1 atom stereocenters. The van der Waals surface area contributed by atoms with Gasteiger partial charge in [0, 0.05) is 7.05 Å². The van der Waals surface area contributed by atoms with Gasteiger partial charge >= 0.3 is 0 Å². The number of benzene rings is 1. The number of primary amides is 1. The number of carbonyl (C=O) groups excluding carboxylic acids is 2. The molecular formula is C12H14Cl2N2O3. The van der Waals surface area contributed by atoms with Crippen LogP contribution in [-0.4, -0.2) is 36.4 Å². The van der Waals surface area contributed by atoms with Crippen LogP contribution >= 0.6 is 23.2 Å². The lowest BCUT2D eigenvalue weighted by Crippen LogP contribution is -2.42. The van der Waals surface area contributed by atoms with Crippen LogP contribution < -0.4 is 10.5 Å². The molecule has 0 spiro atoms. The first kappa shape index (κ1) is 15.6. The second-order valence-corrected chi connectivity index (χ2v) is 4.76. The van der Waals surface area contributed by atoms with Gasteiger partial charge in [-0.25, -0.2) is 0 Å². The fourth-order valence-corrected chi connectivity index (χ4v) is 1.77. The van der Waals surface area contributed by atoms with Gasteiger partial charge in [0.25, 0.3) is 5.91 Å². The van der Waals surface area contributed by atoms with E-state index in [4.69, 9.17) is 33.7 Å². The maximum absolute atomic E-state index is 11.9. The molecule has 5 nitrogen and oxygen atoms in total. The minimum atomic E-state index is -0.805. The Morgan fingerprint density at radius 3 is 2.63 bits per heavy atom. The van der Waals surface area contributed by atoms with Crippen LogP contribution in [-0.2, 0) is 9.59 Å². The third-order valence-electron chi connectivity index (χ3n) is 2.34. The van der Waals surface area contributed by atoms with Gasteiger partial charge < -0.3 is 15.4 Å². The molecule has 104 valence electrons. The van der Waals surface area contributed by atoms with E-state index in [1.165, 1.54) is 11.9 Å². The second-order valence-electron chi connectivity index (χ2n) is 3.97. The zero-order valence-electron chi connectivity index (χ0n) is 10.5. The summed E-state index contributed by atoms with van der Waals surface area (Å²) in [5.41, 5.74) is 5.02. The van der Waals surface area contributed by atoms with Gasteiger partial charge in [-0.1, -0.05) is 29.3 Å². The van der Waals surface area contributed by atoms with E-state index in [0.29, 0.717) is 10.8 Å². The molecule has 0 aliphatic heterocycles. The number of hydrogen-bond acceptors (Lipinski definition) is 3. The van der Waals surface area contributed by atoms with Crippen molar-refractivity contribution in [3.8, 4) is 5.75 Å². The van der Waals surface area contributed by atoms with Crippen LogP contribution in [0.1, 0.15) is 6.92 Å². The summed E-state index contributed by atoms with van der Waals surface area (Å²) in [5, 5.41) is 0.575. The highest BCUT2D eigenvalue weighted by molar-refractivity contribution is 6.42. The predicted octanol–water partition coefficient (Wildman–Crippen LogP) is 1.70. The van der Waals surface area contributed by atoms with Crippen LogP contribution in [0, 0.1) is 0 Å². The smallest absolute Gasteiger partial charge is 0.263 e. The molecule has 2 amide bonds. The maximum atomic E-state index is 11.9. The third kappa shape index (κ3) is 4.29. The highest BCUT2D eigenvalue weighted by atomic mass is 35.5. The molecule has 0 aliphatic rings. The summed E-state index contributed by atoms with van der Waals surface area (Å²) in [4.78, 5) is 23.8. The van der Waals surface area contributed by atoms with Gasteiger partial charge in [-0.15, -0.1) is 0 Å². The Hall–Kier alpha value is -1.46. The summed E-state index contributed by atoms with van der Waals surface area (Å²) in [6.07, 6.45) is -0.805. The number of nitrogens with zero attached hydrogens (tertiary/aromatic N) is 1. The van der Waals surface area contributed by atoms with Crippen molar-refractivity contribution < 1.29 is 14.3 Å². The van der Waals surface area contributed by atoms with Crippen LogP contribution in [0.4, 0.5) is 0 Å². The summed E-state index contributed by atoms with van der Waals surface area (Å²) in [6, 6.07) is 4.88. The first-order valence-corrected chi connectivity index (χ1v) is 6.22. The number of halogens is 2. The Balaban J connectivity index is 2.74. The summed E-state index contributed by atoms with van der Waals surface area (Å²) >= 11 is 11.8. The number of rotatable bonds is 5. The maximum Gasteiger partial charge on any atom is 0.263 e. The van der Waals surface area contributed by atoms with Gasteiger partial charge in [-0.3, -0.25) is 9.59 Å². The predicted molar refractivity (Wildman–Crippen MR) is 73.4 cm³/mol. The fourth-order valence-electron chi connectivity index (χ4n) is 1.44. The van der Waals surface area contributed by atoms with Crippen molar-refractivity contribution in [3.05, 3.63) is 28.2 Å². The quantitative estimate of drug-likeness (QED) is 0.900. The van der Waals surface area contributed by atoms with Crippen molar-refractivity contribution in [2.45, 2.75) is 13.0 Å². The molecule has 19 heavy (non-hydrogen) atoms. The molecule has 1 rings (SSSR count). The van der Waals surface area contributed by atoms with Crippen molar-refractivity contribution in [2.24, 2.45) is 5.73 Å². The standard InChI is InChI=1S/C12H14Cl2N2O3/c1-7(12(18)16(2)6-10(15)17)19-9-5-3-4-8(13)11(9)14/h3-5,7H,6H2,1-2H3,(H2,15,17). The van der Waals surface area contributed by atoms with Crippen molar-refractivity contribution in [1.82, 2.24) is 4.90 Å². The zero-order chi connectivity index (χ0) is 14.6. The Kier molecular flexibility index (Phi) is 5.44. The molecule has 0 aromatic heterocycles. The number of hydrogen-bond donors (Lipinski definition) is 1. The number of carbonyl (C=O) groups is 2. The van der Waals surface area contributed by atoms with E-state index < -0.39 is 12.0 Å². The van der Waals surface area contributed by atoms with Gasteiger partial charge in [0.15, 0.2) is 6.10 Å². The van der Waals surface area contributed by atoms with Crippen molar-refractivity contribution in [3.63, 3.8) is 0 Å². The van der Waals surface area contributed by atoms with Crippen LogP contribution in [0.15, 0.2) is 18.2 Å². The van der Waals surface area contributed by atoms with Crippen LogP contribution in [0.25, 0.3) is 0 Å². The molecule has 1 unspecified atom stereocenters. The van der Waals surface area contributed by atoms with E-state index in [1.54, 1.807) is 25.1 Å². The normalized spacial score (nSPS) is 11.8. The highest BCUT2D eigenvalue weighted by Crippen LogP contribution is 2.32. The zero-order valence-corrected chi connectivity index (χ0v) is 12.0. The molecule has 0 saturated heterocycles. The molecule has 0 saturated carbocycles. The molecule has 0 heterocycles. The lowest BCUT2D eigenvalue weighted by molar-refractivity contribution is -0.139. The van der Waals surface area contributed by atoms with E-state index in [9.17, 15) is 9.59 Å². The average molecular weight is 305 g/mol. The van der Waals surface area contributed by atoms with E-state index >= 15 is 0 Å². The number of amides is 2. The number of ether oxygens (including phenoxy) is 1. The lowest BCUT2D eigenvalue weighted by Gasteiger charge is -2.21. The van der Waals surface area contributed by atoms with E-state index in [2.05, 4.69) is 0 Å². The van der Waals surface area contributed by atoms with E-state index in [-0.39, 0.29) is 17.5 Å². The van der Waals surface area contributed by atoms with Gasteiger partial charge in [-0.2, -0.15) is 0 Å². The first-order valence-electron chi connectivity index (χ1n) is 5.47. The Morgan fingerprint density at radius 1 is 1.42 bits per heavy atom. The molecule has 1 aromatic carbocycles. The second kappa shape index (κ2) is 6.63. The summed E-state index contributed by atoms with van der Waals surface area (Å²) in [5.74, 6) is -0.666. The van der Waals surface area contributed by atoms with Crippen LogP contribution in [0.2, 0.25) is 10.0 Å². The number of likely N-dealkylation sites (N-methyl/N-ethyl adjacent to an activating group) is 1. The topological polar surface area (TPSA) is 72.6 Å². The highest BCUT2D eigenvalue weighted by Gasteiger charge is 2.21.